The number of nitrogens with zero attached hydrogens (tertiary/aromatic N) is 5. The first-order chi connectivity index (χ1) is 12.2. The molecule has 0 fully saturated rings. The van der Waals surface area contributed by atoms with Crippen molar-refractivity contribution in [2.75, 3.05) is 7.11 Å². The van der Waals surface area contributed by atoms with Gasteiger partial charge in [-0.3, -0.25) is 9.78 Å². The van der Waals surface area contributed by atoms with Gasteiger partial charge >= 0.3 is 0 Å². The third kappa shape index (κ3) is 3.96. The molecule has 0 saturated heterocycles. The van der Waals surface area contributed by atoms with Gasteiger partial charge < -0.3 is 14.4 Å². The van der Waals surface area contributed by atoms with Crippen LogP contribution in [-0.4, -0.2) is 48.2 Å². The summed E-state index contributed by atoms with van der Waals surface area (Å²) in [7, 11) is 1.58. The average Bonchev–Trinajstić information content (AvgIpc) is 3.27. The molecule has 0 aliphatic heterocycles. The van der Waals surface area contributed by atoms with E-state index in [2.05, 4.69) is 25.6 Å². The topological polar surface area (TPSA) is 119 Å². The van der Waals surface area contributed by atoms with Gasteiger partial charge in [0.2, 0.25) is 5.82 Å². The standard InChI is InChI=1S/C16H16N6O3/c1-25-10-13-6-11(8-22(13)9-12-4-2-3-5-17-12)14(23)7-15(24)16-18-20-21-19-16/h2-8,24H,9-10H2,1H3,(H,18,19,20,21). The van der Waals surface area contributed by atoms with Crippen LogP contribution in [0, 0.1) is 0 Å². The van der Waals surface area contributed by atoms with Gasteiger partial charge in [0.1, 0.15) is 0 Å². The van der Waals surface area contributed by atoms with Gasteiger partial charge in [0.25, 0.3) is 0 Å². The van der Waals surface area contributed by atoms with E-state index in [1.165, 1.54) is 0 Å². The van der Waals surface area contributed by atoms with Crippen molar-refractivity contribution in [3.8, 4) is 0 Å². The van der Waals surface area contributed by atoms with E-state index < -0.39 is 0 Å². The molecule has 3 rings (SSSR count). The molecule has 0 radical (unpaired) electrons. The third-order valence-electron chi connectivity index (χ3n) is 3.46. The summed E-state index contributed by atoms with van der Waals surface area (Å²) in [5.41, 5.74) is 2.10. The van der Waals surface area contributed by atoms with Crippen LogP contribution in [0.15, 0.2) is 42.7 Å². The maximum Gasteiger partial charge on any atom is 0.239 e. The highest BCUT2D eigenvalue weighted by Gasteiger charge is 2.14. The van der Waals surface area contributed by atoms with Gasteiger partial charge in [0.15, 0.2) is 11.5 Å². The zero-order chi connectivity index (χ0) is 17.6. The van der Waals surface area contributed by atoms with Crippen LogP contribution in [0.2, 0.25) is 0 Å². The summed E-state index contributed by atoms with van der Waals surface area (Å²) in [5, 5.41) is 22.7. The van der Waals surface area contributed by atoms with Crippen molar-refractivity contribution in [1.82, 2.24) is 30.2 Å². The van der Waals surface area contributed by atoms with Crippen LogP contribution in [-0.2, 0) is 17.9 Å². The van der Waals surface area contributed by atoms with Crippen LogP contribution in [0.1, 0.15) is 27.6 Å². The fourth-order valence-electron chi connectivity index (χ4n) is 2.31. The number of hydrogen-bond donors (Lipinski definition) is 2. The molecule has 3 heterocycles. The summed E-state index contributed by atoms with van der Waals surface area (Å²) in [5.74, 6) is -0.776. The summed E-state index contributed by atoms with van der Waals surface area (Å²) in [6.45, 7) is 0.855. The number of aliphatic hydroxyl groups is 1. The maximum absolute atomic E-state index is 12.4. The molecule has 0 aliphatic carbocycles. The second-order valence-electron chi connectivity index (χ2n) is 5.23. The smallest absolute Gasteiger partial charge is 0.239 e. The summed E-state index contributed by atoms with van der Waals surface area (Å²) >= 11 is 0. The number of ketones is 1. The summed E-state index contributed by atoms with van der Waals surface area (Å²) in [6.07, 6.45) is 4.47. The molecule has 0 atom stereocenters. The molecule has 128 valence electrons. The van der Waals surface area contributed by atoms with Crippen LogP contribution in [0.4, 0.5) is 0 Å². The highest BCUT2D eigenvalue weighted by molar-refractivity contribution is 6.07. The number of rotatable bonds is 7. The van der Waals surface area contributed by atoms with E-state index in [1.807, 2.05) is 22.8 Å². The van der Waals surface area contributed by atoms with Crippen molar-refractivity contribution in [1.29, 1.82) is 0 Å². The second-order valence-corrected chi connectivity index (χ2v) is 5.23. The lowest BCUT2D eigenvalue weighted by molar-refractivity contribution is 0.104. The Kier molecular flexibility index (Phi) is 4.95. The Bertz CT molecular complexity index is 871. The Morgan fingerprint density at radius 1 is 1.44 bits per heavy atom. The molecule has 0 saturated carbocycles. The van der Waals surface area contributed by atoms with Gasteiger partial charge in [-0.1, -0.05) is 6.07 Å². The van der Waals surface area contributed by atoms with Gasteiger partial charge in [0.05, 0.1) is 18.8 Å². The number of carbonyl (C=O) groups is 1. The molecule has 0 spiro atoms. The minimum Gasteiger partial charge on any atom is -0.504 e. The number of carbonyl (C=O) groups excluding carboxylic acids is 1. The minimum absolute atomic E-state index is 0.0432. The van der Waals surface area contributed by atoms with Gasteiger partial charge in [0, 0.05) is 36.8 Å². The molecule has 3 aromatic heterocycles. The highest BCUT2D eigenvalue weighted by atomic mass is 16.5. The number of hydrogen-bond acceptors (Lipinski definition) is 7. The molecule has 0 bridgehead atoms. The summed E-state index contributed by atoms with van der Waals surface area (Å²) in [6, 6.07) is 7.37. The molecule has 3 aromatic rings. The lowest BCUT2D eigenvalue weighted by atomic mass is 10.2. The monoisotopic (exact) mass is 340 g/mol. The molecule has 2 N–H and O–H groups in total. The minimum atomic E-state index is -0.376. The summed E-state index contributed by atoms with van der Waals surface area (Å²) < 4.78 is 7.08. The number of tetrazole rings is 1. The van der Waals surface area contributed by atoms with Crippen molar-refractivity contribution in [2.45, 2.75) is 13.2 Å². The molecule has 0 amide bonds. The van der Waals surface area contributed by atoms with E-state index in [4.69, 9.17) is 4.74 Å². The molecule has 25 heavy (non-hydrogen) atoms. The SMILES string of the molecule is COCc1cc(C(=O)C=C(O)c2nn[nH]n2)cn1Cc1ccccn1. The number of nitrogens with one attached hydrogen (secondary N) is 1. The van der Waals surface area contributed by atoms with E-state index in [1.54, 1.807) is 25.6 Å². The van der Waals surface area contributed by atoms with Gasteiger partial charge in [-0.05, 0) is 23.4 Å². The first-order valence-electron chi connectivity index (χ1n) is 7.44. The number of ether oxygens (including phenoxy) is 1. The number of methoxy groups -OCH3 is 1. The van der Waals surface area contributed by atoms with E-state index in [-0.39, 0.29) is 17.4 Å². The number of pyridine rings is 1. The number of allylic oxidation sites excluding steroid dienone is 1. The maximum atomic E-state index is 12.4. The van der Waals surface area contributed by atoms with Crippen molar-refractivity contribution in [3.63, 3.8) is 0 Å². The molecular weight excluding hydrogens is 324 g/mol. The highest BCUT2D eigenvalue weighted by Crippen LogP contribution is 2.15. The van der Waals surface area contributed by atoms with E-state index in [9.17, 15) is 9.90 Å². The van der Waals surface area contributed by atoms with Crippen molar-refractivity contribution < 1.29 is 14.6 Å². The first-order valence-corrected chi connectivity index (χ1v) is 7.44. The Morgan fingerprint density at radius 3 is 3.00 bits per heavy atom. The van der Waals surface area contributed by atoms with Crippen LogP contribution < -0.4 is 0 Å². The molecular formula is C16H16N6O3. The van der Waals surface area contributed by atoms with Crippen LogP contribution >= 0.6 is 0 Å². The van der Waals surface area contributed by atoms with E-state index in [0.29, 0.717) is 18.7 Å². The number of aliphatic hydroxyl groups excluding tert-OH is 1. The van der Waals surface area contributed by atoms with Crippen LogP contribution in [0.5, 0.6) is 0 Å². The van der Waals surface area contributed by atoms with Crippen LogP contribution in [0.3, 0.4) is 0 Å². The fraction of sp³-hybridized carbons (Fsp3) is 0.188. The molecule has 9 heteroatoms. The Labute approximate surface area is 143 Å². The van der Waals surface area contributed by atoms with Gasteiger partial charge in [-0.2, -0.15) is 5.21 Å². The van der Waals surface area contributed by atoms with Crippen molar-refractivity contribution in [2.24, 2.45) is 0 Å². The zero-order valence-corrected chi connectivity index (χ0v) is 13.5. The van der Waals surface area contributed by atoms with Gasteiger partial charge in [-0.15, -0.1) is 10.2 Å². The number of H-pyrrole nitrogens is 1. The quantitative estimate of drug-likeness (QED) is 0.379. The number of aromatic nitrogens is 6. The van der Waals surface area contributed by atoms with E-state index in [0.717, 1.165) is 17.5 Å². The average molecular weight is 340 g/mol. The van der Waals surface area contributed by atoms with E-state index >= 15 is 0 Å². The molecule has 0 unspecified atom stereocenters. The first kappa shape index (κ1) is 16.5. The third-order valence-corrected chi connectivity index (χ3v) is 3.46. The van der Waals surface area contributed by atoms with Crippen molar-refractivity contribution in [3.05, 3.63) is 65.5 Å². The second kappa shape index (κ2) is 7.49. The Morgan fingerprint density at radius 2 is 2.32 bits per heavy atom. The molecule has 9 nitrogen and oxygen atoms in total. The molecule has 0 aliphatic rings. The predicted molar refractivity (Wildman–Crippen MR) is 87.6 cm³/mol. The largest absolute Gasteiger partial charge is 0.504 e. The lowest BCUT2D eigenvalue weighted by Gasteiger charge is -2.07. The predicted octanol–water partition coefficient (Wildman–Crippen LogP) is 1.37. The number of aromatic amines is 1. The van der Waals surface area contributed by atoms with Gasteiger partial charge in [-0.25, -0.2) is 0 Å². The Hall–Kier alpha value is -3.33. The zero-order valence-electron chi connectivity index (χ0n) is 13.5. The summed E-state index contributed by atoms with van der Waals surface area (Å²) in [4.78, 5) is 16.7. The molecule has 0 aromatic carbocycles. The fourth-order valence-corrected chi connectivity index (χ4v) is 2.31. The Balaban J connectivity index is 1.85. The van der Waals surface area contributed by atoms with Crippen LogP contribution in [0.25, 0.3) is 5.76 Å². The van der Waals surface area contributed by atoms with Crippen molar-refractivity contribution >= 4 is 11.5 Å². The normalized spacial score (nSPS) is 11.6. The lowest BCUT2D eigenvalue weighted by Crippen LogP contribution is -2.05.